The van der Waals surface area contributed by atoms with Crippen LogP contribution in [0.1, 0.15) is 5.56 Å². The van der Waals surface area contributed by atoms with Crippen molar-refractivity contribution in [3.05, 3.63) is 52.9 Å². The van der Waals surface area contributed by atoms with E-state index in [1.165, 1.54) is 18.2 Å². The van der Waals surface area contributed by atoms with Crippen molar-refractivity contribution in [3.63, 3.8) is 0 Å². The number of halogens is 2. The van der Waals surface area contributed by atoms with Gasteiger partial charge in [0.1, 0.15) is 24.0 Å². The Labute approximate surface area is 110 Å². The van der Waals surface area contributed by atoms with Crippen LogP contribution < -0.4 is 10.1 Å². The molecule has 1 aromatic heterocycles. The van der Waals surface area contributed by atoms with Crippen LogP contribution in [0, 0.1) is 5.82 Å². The Bertz CT molecular complexity index is 531. The second-order valence-electron chi connectivity index (χ2n) is 3.67. The van der Waals surface area contributed by atoms with E-state index >= 15 is 0 Å². The summed E-state index contributed by atoms with van der Waals surface area (Å²) in [7, 11) is 1.80. The Hall–Kier alpha value is -1.81. The lowest BCUT2D eigenvalue weighted by molar-refractivity contribution is 0.305. The molecule has 0 saturated carbocycles. The van der Waals surface area contributed by atoms with E-state index in [4.69, 9.17) is 16.3 Å². The molecule has 1 N–H and O–H groups in total. The SMILES string of the molecule is CNc1ccc(COc2ccc(F)cc2Cl)cn1. The summed E-state index contributed by atoms with van der Waals surface area (Å²) in [5.74, 6) is 0.863. The number of hydrogen-bond acceptors (Lipinski definition) is 3. The van der Waals surface area contributed by atoms with Crippen LogP contribution in [0.25, 0.3) is 0 Å². The van der Waals surface area contributed by atoms with Gasteiger partial charge in [-0.2, -0.15) is 0 Å². The number of ether oxygens (including phenoxy) is 1. The van der Waals surface area contributed by atoms with E-state index in [1.807, 2.05) is 12.1 Å². The van der Waals surface area contributed by atoms with Gasteiger partial charge in [0.15, 0.2) is 0 Å². The third-order valence-corrected chi connectivity index (χ3v) is 2.66. The number of benzene rings is 1. The van der Waals surface area contributed by atoms with Gasteiger partial charge in [0.25, 0.3) is 0 Å². The minimum Gasteiger partial charge on any atom is -0.487 e. The van der Waals surface area contributed by atoms with Gasteiger partial charge in [0, 0.05) is 18.8 Å². The molecule has 0 unspecified atom stereocenters. The Kier molecular flexibility index (Phi) is 3.99. The second kappa shape index (κ2) is 5.69. The number of nitrogens with zero attached hydrogens (tertiary/aromatic N) is 1. The van der Waals surface area contributed by atoms with Crippen molar-refractivity contribution in [1.82, 2.24) is 4.98 Å². The molecule has 0 amide bonds. The Morgan fingerprint density at radius 2 is 2.17 bits per heavy atom. The summed E-state index contributed by atoms with van der Waals surface area (Å²) in [4.78, 5) is 4.16. The van der Waals surface area contributed by atoms with Crippen LogP contribution in [0.15, 0.2) is 36.5 Å². The van der Waals surface area contributed by atoms with E-state index in [0.29, 0.717) is 12.4 Å². The summed E-state index contributed by atoms with van der Waals surface area (Å²) >= 11 is 5.85. The summed E-state index contributed by atoms with van der Waals surface area (Å²) < 4.78 is 18.3. The van der Waals surface area contributed by atoms with Crippen molar-refractivity contribution < 1.29 is 9.13 Å². The fourth-order valence-corrected chi connectivity index (χ4v) is 1.63. The zero-order chi connectivity index (χ0) is 13.0. The molecule has 0 radical (unpaired) electrons. The zero-order valence-electron chi connectivity index (χ0n) is 9.78. The molecule has 18 heavy (non-hydrogen) atoms. The molecule has 0 saturated heterocycles. The van der Waals surface area contributed by atoms with Crippen LogP contribution in [0.3, 0.4) is 0 Å². The lowest BCUT2D eigenvalue weighted by Gasteiger charge is -2.08. The fourth-order valence-electron chi connectivity index (χ4n) is 1.41. The van der Waals surface area contributed by atoms with Crippen LogP contribution in [0.5, 0.6) is 5.75 Å². The summed E-state index contributed by atoms with van der Waals surface area (Å²) in [5, 5.41) is 3.19. The molecule has 5 heteroatoms. The van der Waals surface area contributed by atoms with Gasteiger partial charge in [0.05, 0.1) is 5.02 Å². The van der Waals surface area contributed by atoms with Crippen LogP contribution >= 0.6 is 11.6 Å². The number of pyridine rings is 1. The topological polar surface area (TPSA) is 34.1 Å². The molecule has 0 spiro atoms. The number of rotatable bonds is 4. The lowest BCUT2D eigenvalue weighted by atomic mass is 10.3. The molecule has 94 valence electrons. The first-order valence-electron chi connectivity index (χ1n) is 5.39. The van der Waals surface area contributed by atoms with Gasteiger partial charge in [0.2, 0.25) is 0 Å². The molecule has 2 rings (SSSR count). The van der Waals surface area contributed by atoms with E-state index in [9.17, 15) is 4.39 Å². The first-order chi connectivity index (χ1) is 8.69. The minimum atomic E-state index is -0.382. The molecule has 2 aromatic rings. The van der Waals surface area contributed by atoms with Crippen molar-refractivity contribution >= 4 is 17.4 Å². The molecule has 0 aliphatic carbocycles. The summed E-state index contributed by atoms with van der Waals surface area (Å²) in [5.41, 5.74) is 0.911. The first kappa shape index (κ1) is 12.6. The first-order valence-corrected chi connectivity index (χ1v) is 5.77. The third-order valence-electron chi connectivity index (χ3n) is 2.37. The summed E-state index contributed by atoms with van der Waals surface area (Å²) in [6.07, 6.45) is 1.71. The molecule has 1 heterocycles. The molecular formula is C13H12ClFN2O. The number of anilines is 1. The van der Waals surface area contributed by atoms with Crippen molar-refractivity contribution in [2.45, 2.75) is 6.61 Å². The molecule has 0 bridgehead atoms. The number of aromatic nitrogens is 1. The van der Waals surface area contributed by atoms with Gasteiger partial charge >= 0.3 is 0 Å². The monoisotopic (exact) mass is 266 g/mol. The van der Waals surface area contributed by atoms with Crippen molar-refractivity contribution in [1.29, 1.82) is 0 Å². The predicted molar refractivity (Wildman–Crippen MR) is 69.5 cm³/mol. The van der Waals surface area contributed by atoms with Gasteiger partial charge < -0.3 is 10.1 Å². The van der Waals surface area contributed by atoms with Crippen molar-refractivity contribution in [3.8, 4) is 5.75 Å². The van der Waals surface area contributed by atoms with Crippen LogP contribution in [-0.4, -0.2) is 12.0 Å². The van der Waals surface area contributed by atoms with E-state index in [2.05, 4.69) is 10.3 Å². The maximum absolute atomic E-state index is 12.8. The highest BCUT2D eigenvalue weighted by Gasteiger charge is 2.03. The highest BCUT2D eigenvalue weighted by molar-refractivity contribution is 6.32. The molecule has 0 fully saturated rings. The van der Waals surface area contributed by atoms with Crippen LogP contribution in [0.4, 0.5) is 10.2 Å². The zero-order valence-corrected chi connectivity index (χ0v) is 10.5. The van der Waals surface area contributed by atoms with Gasteiger partial charge in [-0.1, -0.05) is 17.7 Å². The van der Waals surface area contributed by atoms with Crippen molar-refractivity contribution in [2.75, 3.05) is 12.4 Å². The smallest absolute Gasteiger partial charge is 0.138 e. The Morgan fingerprint density at radius 3 is 2.78 bits per heavy atom. The summed E-state index contributed by atoms with van der Waals surface area (Å²) in [6, 6.07) is 7.79. The molecule has 3 nitrogen and oxygen atoms in total. The van der Waals surface area contributed by atoms with Crippen LogP contribution in [-0.2, 0) is 6.61 Å². The average Bonchev–Trinajstić information content (AvgIpc) is 2.38. The molecule has 0 atom stereocenters. The van der Waals surface area contributed by atoms with Gasteiger partial charge in [-0.15, -0.1) is 0 Å². The third kappa shape index (κ3) is 3.11. The highest BCUT2D eigenvalue weighted by Crippen LogP contribution is 2.25. The number of nitrogens with one attached hydrogen (secondary N) is 1. The fraction of sp³-hybridized carbons (Fsp3) is 0.154. The Balaban J connectivity index is 2.02. The number of hydrogen-bond donors (Lipinski definition) is 1. The van der Waals surface area contributed by atoms with Crippen LogP contribution in [0.2, 0.25) is 5.02 Å². The Morgan fingerprint density at radius 1 is 1.33 bits per heavy atom. The quantitative estimate of drug-likeness (QED) is 0.920. The van der Waals surface area contributed by atoms with Gasteiger partial charge in [-0.3, -0.25) is 0 Å². The minimum absolute atomic E-state index is 0.259. The predicted octanol–water partition coefficient (Wildman–Crippen LogP) is 3.49. The molecular weight excluding hydrogens is 255 g/mol. The van der Waals surface area contributed by atoms with Gasteiger partial charge in [-0.25, -0.2) is 9.37 Å². The maximum Gasteiger partial charge on any atom is 0.138 e. The van der Waals surface area contributed by atoms with E-state index < -0.39 is 0 Å². The van der Waals surface area contributed by atoms with Gasteiger partial charge in [-0.05, 0) is 24.3 Å². The highest BCUT2D eigenvalue weighted by atomic mass is 35.5. The second-order valence-corrected chi connectivity index (χ2v) is 4.07. The van der Waals surface area contributed by atoms with E-state index in [-0.39, 0.29) is 10.8 Å². The summed E-state index contributed by atoms with van der Waals surface area (Å²) in [6.45, 7) is 0.336. The largest absolute Gasteiger partial charge is 0.487 e. The molecule has 1 aromatic carbocycles. The van der Waals surface area contributed by atoms with E-state index in [1.54, 1.807) is 13.2 Å². The lowest BCUT2D eigenvalue weighted by Crippen LogP contribution is -1.98. The normalized spacial score (nSPS) is 10.2. The van der Waals surface area contributed by atoms with Crippen molar-refractivity contribution in [2.24, 2.45) is 0 Å². The molecule has 0 aliphatic heterocycles. The maximum atomic E-state index is 12.8. The standard InChI is InChI=1S/C13H12ClFN2O/c1-16-13-5-2-9(7-17-13)8-18-12-4-3-10(15)6-11(12)14/h2-7H,8H2,1H3,(H,16,17). The average molecular weight is 267 g/mol. The van der Waals surface area contributed by atoms with E-state index in [0.717, 1.165) is 11.4 Å². The molecule has 0 aliphatic rings.